The van der Waals surface area contributed by atoms with Gasteiger partial charge in [-0.05, 0) is 49.9 Å². The molecule has 0 atom stereocenters. The van der Waals surface area contributed by atoms with Crippen molar-refractivity contribution in [1.29, 1.82) is 0 Å². The summed E-state index contributed by atoms with van der Waals surface area (Å²) in [5, 5.41) is 3.05. The van der Waals surface area contributed by atoms with E-state index in [9.17, 15) is 9.59 Å². The van der Waals surface area contributed by atoms with Gasteiger partial charge in [0.2, 0.25) is 5.91 Å². The molecule has 1 aliphatic carbocycles. The molecule has 2 heterocycles. The van der Waals surface area contributed by atoms with Crippen LogP contribution in [-0.4, -0.2) is 43.0 Å². The number of nitrogens with one attached hydrogen (secondary N) is 1. The fraction of sp³-hybridized carbons (Fsp3) is 0.455. The molecule has 1 N–H and O–H groups in total. The quantitative estimate of drug-likeness (QED) is 0.775. The summed E-state index contributed by atoms with van der Waals surface area (Å²) in [6.07, 6.45) is 3.55. The van der Waals surface area contributed by atoms with E-state index in [0.29, 0.717) is 55.0 Å². The molecule has 0 unspecified atom stereocenters. The number of methoxy groups -OCH3 is 1. The lowest BCUT2D eigenvalue weighted by Gasteiger charge is -2.30. The molecule has 1 saturated carbocycles. The molecule has 7 heteroatoms. The highest BCUT2D eigenvalue weighted by Gasteiger charge is 2.32. The van der Waals surface area contributed by atoms with E-state index in [1.165, 1.54) is 0 Å². The number of carbonyl (C=O) groups is 2. The van der Waals surface area contributed by atoms with E-state index in [1.807, 2.05) is 24.3 Å². The van der Waals surface area contributed by atoms with Gasteiger partial charge in [0.15, 0.2) is 17.3 Å². The monoisotopic (exact) mass is 398 g/mol. The number of nitrogens with zero attached hydrogens (tertiary/aromatic N) is 1. The largest absolute Gasteiger partial charge is 0.493 e. The van der Waals surface area contributed by atoms with Gasteiger partial charge in [-0.2, -0.15) is 0 Å². The number of furan rings is 1. The van der Waals surface area contributed by atoms with Gasteiger partial charge in [0.05, 0.1) is 7.11 Å². The summed E-state index contributed by atoms with van der Waals surface area (Å²) in [6, 6.07) is 11.2. The van der Waals surface area contributed by atoms with Crippen LogP contribution >= 0.6 is 0 Å². The number of piperidine rings is 1. The predicted octanol–water partition coefficient (Wildman–Crippen LogP) is 3.00. The first-order valence-electron chi connectivity index (χ1n) is 10.1. The molecule has 1 aliphatic heterocycles. The Morgan fingerprint density at radius 3 is 2.48 bits per heavy atom. The Morgan fingerprint density at radius 1 is 1.07 bits per heavy atom. The van der Waals surface area contributed by atoms with Crippen molar-refractivity contribution in [2.24, 2.45) is 5.92 Å². The van der Waals surface area contributed by atoms with Crippen molar-refractivity contribution in [2.75, 3.05) is 20.2 Å². The second kappa shape index (κ2) is 8.59. The molecule has 0 radical (unpaired) electrons. The molecule has 2 fully saturated rings. The van der Waals surface area contributed by atoms with Crippen molar-refractivity contribution in [3.05, 3.63) is 47.9 Å². The van der Waals surface area contributed by atoms with Gasteiger partial charge < -0.3 is 24.1 Å². The Hall–Kier alpha value is -2.96. The van der Waals surface area contributed by atoms with E-state index in [2.05, 4.69) is 5.32 Å². The highest BCUT2D eigenvalue weighted by Crippen LogP contribution is 2.27. The smallest absolute Gasteiger partial charge is 0.289 e. The number of rotatable bonds is 7. The maximum Gasteiger partial charge on any atom is 0.289 e. The van der Waals surface area contributed by atoms with Crippen molar-refractivity contribution < 1.29 is 23.5 Å². The Balaban J connectivity index is 1.29. The lowest BCUT2D eigenvalue weighted by atomic mass is 9.95. The number of carbonyl (C=O) groups excluding carboxylic acids is 2. The predicted molar refractivity (Wildman–Crippen MR) is 106 cm³/mol. The van der Waals surface area contributed by atoms with Gasteiger partial charge in [-0.25, -0.2) is 0 Å². The number of amides is 2. The average molecular weight is 398 g/mol. The van der Waals surface area contributed by atoms with Crippen LogP contribution in [0.25, 0.3) is 0 Å². The summed E-state index contributed by atoms with van der Waals surface area (Å²) in [4.78, 5) is 26.7. The highest BCUT2D eigenvalue weighted by atomic mass is 16.5. The van der Waals surface area contributed by atoms with Crippen LogP contribution < -0.4 is 14.8 Å². The first-order chi connectivity index (χ1) is 14.1. The number of ether oxygens (including phenoxy) is 2. The van der Waals surface area contributed by atoms with Gasteiger partial charge in [0, 0.05) is 25.0 Å². The third-order valence-electron chi connectivity index (χ3n) is 5.39. The van der Waals surface area contributed by atoms with Crippen LogP contribution in [0.3, 0.4) is 0 Å². The molecular weight excluding hydrogens is 372 g/mol. The molecule has 1 aromatic heterocycles. The summed E-state index contributed by atoms with van der Waals surface area (Å²) in [5.41, 5.74) is 0. The van der Waals surface area contributed by atoms with Crippen LogP contribution in [0.4, 0.5) is 0 Å². The SMILES string of the molecule is COc1ccccc1OCc1ccc(C(=O)N2CCC(C(=O)NC3CC3)CC2)o1. The van der Waals surface area contributed by atoms with Gasteiger partial charge in [-0.3, -0.25) is 9.59 Å². The molecule has 29 heavy (non-hydrogen) atoms. The number of likely N-dealkylation sites (tertiary alicyclic amines) is 1. The first kappa shape index (κ1) is 19.4. The van der Waals surface area contributed by atoms with Gasteiger partial charge in [-0.1, -0.05) is 12.1 Å². The maximum atomic E-state index is 12.7. The van der Waals surface area contributed by atoms with Crippen molar-refractivity contribution >= 4 is 11.8 Å². The third-order valence-corrected chi connectivity index (χ3v) is 5.39. The molecule has 1 aromatic carbocycles. The Labute approximate surface area is 170 Å². The van der Waals surface area contributed by atoms with Crippen LogP contribution in [0.5, 0.6) is 11.5 Å². The molecule has 4 rings (SSSR count). The van der Waals surface area contributed by atoms with E-state index in [4.69, 9.17) is 13.9 Å². The summed E-state index contributed by atoms with van der Waals surface area (Å²) in [5.74, 6) is 2.11. The fourth-order valence-corrected chi connectivity index (χ4v) is 3.50. The zero-order valence-corrected chi connectivity index (χ0v) is 16.6. The molecule has 2 aliphatic rings. The van der Waals surface area contributed by atoms with Crippen LogP contribution in [-0.2, 0) is 11.4 Å². The standard InChI is InChI=1S/C22H26N2O5/c1-27-18-4-2-3-5-19(18)28-14-17-8-9-20(29-17)22(26)24-12-10-15(11-13-24)21(25)23-16-6-7-16/h2-5,8-9,15-16H,6-7,10-14H2,1H3,(H,23,25). The van der Waals surface area contributed by atoms with Crippen LogP contribution in [0.1, 0.15) is 42.0 Å². The molecule has 1 saturated heterocycles. The second-order valence-corrected chi connectivity index (χ2v) is 7.55. The molecule has 2 amide bonds. The molecule has 0 bridgehead atoms. The van der Waals surface area contributed by atoms with E-state index >= 15 is 0 Å². The second-order valence-electron chi connectivity index (χ2n) is 7.55. The lowest BCUT2D eigenvalue weighted by Crippen LogP contribution is -2.43. The van der Waals surface area contributed by atoms with Gasteiger partial charge in [-0.15, -0.1) is 0 Å². The minimum absolute atomic E-state index is 0.000986. The Bertz CT molecular complexity index is 866. The summed E-state index contributed by atoms with van der Waals surface area (Å²) >= 11 is 0. The highest BCUT2D eigenvalue weighted by molar-refractivity contribution is 5.91. The van der Waals surface area contributed by atoms with E-state index in [-0.39, 0.29) is 24.3 Å². The normalized spacial score (nSPS) is 17.1. The molecule has 0 spiro atoms. The topological polar surface area (TPSA) is 81.0 Å². The van der Waals surface area contributed by atoms with Crippen molar-refractivity contribution in [3.63, 3.8) is 0 Å². The number of para-hydroxylation sites is 2. The van der Waals surface area contributed by atoms with Gasteiger partial charge >= 0.3 is 0 Å². The summed E-state index contributed by atoms with van der Waals surface area (Å²) in [7, 11) is 1.59. The molecule has 7 nitrogen and oxygen atoms in total. The minimum atomic E-state index is -0.144. The van der Waals surface area contributed by atoms with Crippen LogP contribution in [0.15, 0.2) is 40.8 Å². The fourth-order valence-electron chi connectivity index (χ4n) is 3.50. The number of hydrogen-bond acceptors (Lipinski definition) is 5. The van der Waals surface area contributed by atoms with Crippen molar-refractivity contribution in [1.82, 2.24) is 10.2 Å². The molecule has 2 aromatic rings. The van der Waals surface area contributed by atoms with E-state index in [0.717, 1.165) is 12.8 Å². The van der Waals surface area contributed by atoms with Gasteiger partial charge in [0.25, 0.3) is 5.91 Å². The number of hydrogen-bond donors (Lipinski definition) is 1. The van der Waals surface area contributed by atoms with Crippen LogP contribution in [0.2, 0.25) is 0 Å². The lowest BCUT2D eigenvalue weighted by molar-refractivity contribution is -0.126. The molecular formula is C22H26N2O5. The average Bonchev–Trinajstić information content (AvgIpc) is 3.45. The Morgan fingerprint density at radius 2 is 1.79 bits per heavy atom. The zero-order chi connectivity index (χ0) is 20.2. The first-order valence-corrected chi connectivity index (χ1v) is 10.1. The minimum Gasteiger partial charge on any atom is -0.493 e. The third kappa shape index (κ3) is 4.72. The van der Waals surface area contributed by atoms with Crippen molar-refractivity contribution in [2.45, 2.75) is 38.3 Å². The van der Waals surface area contributed by atoms with Crippen LogP contribution in [0, 0.1) is 5.92 Å². The zero-order valence-electron chi connectivity index (χ0n) is 16.6. The molecule has 154 valence electrons. The maximum absolute atomic E-state index is 12.7. The summed E-state index contributed by atoms with van der Waals surface area (Å²) < 4.78 is 16.7. The Kier molecular flexibility index (Phi) is 5.74. The van der Waals surface area contributed by atoms with E-state index in [1.54, 1.807) is 24.1 Å². The van der Waals surface area contributed by atoms with E-state index < -0.39 is 0 Å². The number of benzene rings is 1. The summed E-state index contributed by atoms with van der Waals surface area (Å²) in [6.45, 7) is 1.34. The van der Waals surface area contributed by atoms with Crippen molar-refractivity contribution in [3.8, 4) is 11.5 Å². The van der Waals surface area contributed by atoms with Gasteiger partial charge in [0.1, 0.15) is 12.4 Å².